The molecule has 54 valence electrons. The lowest BCUT2D eigenvalue weighted by molar-refractivity contribution is 0.105. The van der Waals surface area contributed by atoms with E-state index in [1.165, 1.54) is 0 Å². The Morgan fingerprint density at radius 3 is 2.70 bits per heavy atom. The van der Waals surface area contributed by atoms with Gasteiger partial charge in [-0.05, 0) is 23.7 Å². The van der Waals surface area contributed by atoms with Crippen molar-refractivity contribution in [2.75, 3.05) is 0 Å². The molecule has 0 bridgehead atoms. The average molecular weight is 159 g/mol. The minimum Gasteiger partial charge on any atom is -0.457 e. The van der Waals surface area contributed by atoms with Crippen LogP contribution in [0, 0.1) is 0 Å². The van der Waals surface area contributed by atoms with Crippen LogP contribution in [-0.4, -0.2) is 5.24 Å². The number of hydrogen-bond donors (Lipinski definition) is 0. The number of aryl methyl sites for hydroxylation is 1. The topological polar surface area (TPSA) is 30.2 Å². The van der Waals surface area contributed by atoms with Gasteiger partial charge in [-0.3, -0.25) is 4.79 Å². The van der Waals surface area contributed by atoms with Crippen molar-refractivity contribution in [2.45, 2.75) is 13.3 Å². The summed E-state index contributed by atoms with van der Waals surface area (Å²) in [5.74, 6) is 1.00. The molecule has 0 saturated carbocycles. The molecule has 0 unspecified atom stereocenters. The van der Waals surface area contributed by atoms with Gasteiger partial charge in [-0.15, -0.1) is 0 Å². The van der Waals surface area contributed by atoms with Crippen LogP contribution in [-0.2, 0) is 6.42 Å². The van der Waals surface area contributed by atoms with Crippen LogP contribution in [0.5, 0.6) is 0 Å². The Morgan fingerprint density at radius 2 is 2.40 bits per heavy atom. The van der Waals surface area contributed by atoms with E-state index in [1.54, 1.807) is 12.1 Å². The van der Waals surface area contributed by atoms with Gasteiger partial charge in [0, 0.05) is 6.42 Å². The van der Waals surface area contributed by atoms with E-state index >= 15 is 0 Å². The van der Waals surface area contributed by atoms with Crippen LogP contribution >= 0.6 is 11.6 Å². The highest BCUT2D eigenvalue weighted by molar-refractivity contribution is 6.67. The number of hydrogen-bond acceptors (Lipinski definition) is 2. The molecule has 0 fully saturated rings. The van der Waals surface area contributed by atoms with Gasteiger partial charge in [0.05, 0.1) is 0 Å². The summed E-state index contributed by atoms with van der Waals surface area (Å²) in [5.41, 5.74) is 0. The molecule has 1 rings (SSSR count). The first-order valence-electron chi connectivity index (χ1n) is 3.02. The van der Waals surface area contributed by atoms with E-state index in [2.05, 4.69) is 0 Å². The molecule has 1 heterocycles. The van der Waals surface area contributed by atoms with Crippen molar-refractivity contribution in [3.8, 4) is 0 Å². The Hall–Kier alpha value is -0.760. The minimum absolute atomic E-state index is 0.221. The van der Waals surface area contributed by atoms with Gasteiger partial charge in [-0.2, -0.15) is 0 Å². The number of carbonyl (C=O) groups is 1. The zero-order valence-corrected chi connectivity index (χ0v) is 6.31. The molecule has 0 aromatic carbocycles. The van der Waals surface area contributed by atoms with Gasteiger partial charge < -0.3 is 4.42 Å². The van der Waals surface area contributed by atoms with E-state index in [0.29, 0.717) is 0 Å². The Labute approximate surface area is 63.8 Å². The lowest BCUT2D eigenvalue weighted by Gasteiger charge is -1.85. The zero-order chi connectivity index (χ0) is 7.56. The second-order valence-corrected chi connectivity index (χ2v) is 2.24. The number of halogens is 1. The molecule has 0 N–H and O–H groups in total. The second kappa shape index (κ2) is 2.88. The van der Waals surface area contributed by atoms with Crippen molar-refractivity contribution in [2.24, 2.45) is 0 Å². The molecule has 3 heteroatoms. The Morgan fingerprint density at radius 1 is 1.70 bits per heavy atom. The Bertz CT molecular complexity index is 240. The van der Waals surface area contributed by atoms with Crippen molar-refractivity contribution in [3.63, 3.8) is 0 Å². The molecule has 0 saturated heterocycles. The summed E-state index contributed by atoms with van der Waals surface area (Å²) in [5, 5.41) is -0.542. The van der Waals surface area contributed by atoms with Gasteiger partial charge >= 0.3 is 0 Å². The maximum Gasteiger partial charge on any atom is 0.287 e. The molecule has 0 aliphatic heterocycles. The van der Waals surface area contributed by atoms with Gasteiger partial charge in [0.2, 0.25) is 0 Å². The minimum atomic E-state index is -0.542. The largest absolute Gasteiger partial charge is 0.457 e. The lowest BCUT2D eigenvalue weighted by atomic mass is 10.4. The normalized spacial score (nSPS) is 9.80. The Kier molecular flexibility index (Phi) is 2.12. The third-order valence-electron chi connectivity index (χ3n) is 1.20. The summed E-state index contributed by atoms with van der Waals surface area (Å²) < 4.78 is 5.01. The fourth-order valence-electron chi connectivity index (χ4n) is 0.674. The maximum absolute atomic E-state index is 10.4. The highest BCUT2D eigenvalue weighted by atomic mass is 35.5. The van der Waals surface area contributed by atoms with Gasteiger partial charge in [-0.25, -0.2) is 0 Å². The Balaban J connectivity index is 2.88. The van der Waals surface area contributed by atoms with Crippen molar-refractivity contribution < 1.29 is 9.21 Å². The molecule has 0 amide bonds. The molecular formula is C7H7ClO2. The van der Waals surface area contributed by atoms with Crippen molar-refractivity contribution in [3.05, 3.63) is 23.7 Å². The smallest absolute Gasteiger partial charge is 0.287 e. The highest BCUT2D eigenvalue weighted by Gasteiger charge is 2.05. The van der Waals surface area contributed by atoms with Crippen molar-refractivity contribution in [1.82, 2.24) is 0 Å². The van der Waals surface area contributed by atoms with E-state index in [1.807, 2.05) is 6.92 Å². The molecule has 2 nitrogen and oxygen atoms in total. The third kappa shape index (κ3) is 1.39. The van der Waals surface area contributed by atoms with E-state index < -0.39 is 5.24 Å². The van der Waals surface area contributed by atoms with Gasteiger partial charge in [0.25, 0.3) is 5.24 Å². The molecule has 0 aliphatic carbocycles. The fourth-order valence-corrected chi connectivity index (χ4v) is 0.775. The molecule has 0 radical (unpaired) electrons. The molecular weight excluding hydrogens is 152 g/mol. The monoisotopic (exact) mass is 158 g/mol. The second-order valence-electron chi connectivity index (χ2n) is 1.89. The van der Waals surface area contributed by atoms with Gasteiger partial charge in [0.15, 0.2) is 5.76 Å². The zero-order valence-electron chi connectivity index (χ0n) is 5.56. The van der Waals surface area contributed by atoms with Gasteiger partial charge in [0.1, 0.15) is 5.76 Å². The number of carbonyl (C=O) groups excluding carboxylic acids is 1. The van der Waals surface area contributed by atoms with E-state index in [4.69, 9.17) is 16.0 Å². The fraction of sp³-hybridized carbons (Fsp3) is 0.286. The summed E-state index contributed by atoms with van der Waals surface area (Å²) in [4.78, 5) is 10.4. The SMILES string of the molecule is CCc1ccc(C(=O)Cl)o1. The predicted molar refractivity (Wildman–Crippen MR) is 38.3 cm³/mol. The highest BCUT2D eigenvalue weighted by Crippen LogP contribution is 2.10. The standard InChI is InChI=1S/C7H7ClO2/c1-2-5-3-4-6(10-5)7(8)9/h3-4H,2H2,1H3. The summed E-state index contributed by atoms with van der Waals surface area (Å²) in [6, 6.07) is 3.32. The van der Waals surface area contributed by atoms with Crippen LogP contribution in [0.1, 0.15) is 23.2 Å². The number of furan rings is 1. The molecule has 0 atom stereocenters. The van der Waals surface area contributed by atoms with Crippen LogP contribution < -0.4 is 0 Å². The molecule has 0 spiro atoms. The maximum atomic E-state index is 10.4. The summed E-state index contributed by atoms with van der Waals surface area (Å²) >= 11 is 5.14. The van der Waals surface area contributed by atoms with Crippen LogP contribution in [0.25, 0.3) is 0 Å². The third-order valence-corrected chi connectivity index (χ3v) is 1.39. The quantitative estimate of drug-likeness (QED) is 0.618. The van der Waals surface area contributed by atoms with Gasteiger partial charge in [-0.1, -0.05) is 6.92 Å². The summed E-state index contributed by atoms with van der Waals surface area (Å²) in [6.07, 6.45) is 0.782. The first-order chi connectivity index (χ1) is 4.74. The predicted octanol–water partition coefficient (Wildman–Crippen LogP) is 2.22. The lowest BCUT2D eigenvalue weighted by Crippen LogP contribution is -1.82. The molecule has 1 aromatic rings. The van der Waals surface area contributed by atoms with Crippen molar-refractivity contribution in [1.29, 1.82) is 0 Å². The first kappa shape index (κ1) is 7.35. The average Bonchev–Trinajstić information content (AvgIpc) is 2.34. The molecule has 10 heavy (non-hydrogen) atoms. The number of rotatable bonds is 2. The first-order valence-corrected chi connectivity index (χ1v) is 3.40. The van der Waals surface area contributed by atoms with E-state index in [9.17, 15) is 4.79 Å². The van der Waals surface area contributed by atoms with E-state index in [0.717, 1.165) is 12.2 Å². The van der Waals surface area contributed by atoms with Crippen LogP contribution in [0.4, 0.5) is 0 Å². The molecule has 0 aliphatic rings. The summed E-state index contributed by atoms with van der Waals surface area (Å²) in [7, 11) is 0. The summed E-state index contributed by atoms with van der Waals surface area (Å²) in [6.45, 7) is 1.95. The van der Waals surface area contributed by atoms with Crippen LogP contribution in [0.15, 0.2) is 16.5 Å². The van der Waals surface area contributed by atoms with Crippen LogP contribution in [0.3, 0.4) is 0 Å². The van der Waals surface area contributed by atoms with E-state index in [-0.39, 0.29) is 5.76 Å². The molecule has 1 aromatic heterocycles. The van der Waals surface area contributed by atoms with Crippen molar-refractivity contribution >= 4 is 16.8 Å². The van der Waals surface area contributed by atoms with Crippen LogP contribution in [0.2, 0.25) is 0 Å².